The van der Waals surface area contributed by atoms with E-state index in [0.717, 1.165) is 11.5 Å². The van der Waals surface area contributed by atoms with Crippen molar-refractivity contribution in [2.45, 2.75) is 6.42 Å². The molecule has 4 heterocycles. The van der Waals surface area contributed by atoms with Gasteiger partial charge in [-0.2, -0.15) is 0 Å². The van der Waals surface area contributed by atoms with E-state index in [9.17, 15) is 9.59 Å². The Kier molecular flexibility index (Phi) is 4.53. The first-order valence-corrected chi connectivity index (χ1v) is 10.0. The molecule has 10 nitrogen and oxygen atoms in total. The molecular weight excluding hydrogens is 384 g/mol. The Labute approximate surface area is 173 Å². The number of hydrogen-bond donors (Lipinski definition) is 0. The Morgan fingerprint density at radius 1 is 1.07 bits per heavy atom. The van der Waals surface area contributed by atoms with Crippen LogP contribution in [0.3, 0.4) is 0 Å². The van der Waals surface area contributed by atoms with Crippen molar-refractivity contribution in [2.24, 2.45) is 13.0 Å². The van der Waals surface area contributed by atoms with Crippen molar-refractivity contribution in [2.75, 3.05) is 42.5 Å². The Morgan fingerprint density at radius 2 is 1.83 bits per heavy atom. The number of carbonyl (C=O) groups is 2. The fourth-order valence-electron chi connectivity index (χ4n) is 4.20. The molecule has 2 amide bonds. The molecule has 0 radical (unpaired) electrons. The number of anilines is 2. The molecule has 30 heavy (non-hydrogen) atoms. The van der Waals surface area contributed by atoms with Crippen LogP contribution in [0.5, 0.6) is 0 Å². The second-order valence-electron chi connectivity index (χ2n) is 7.64. The molecule has 154 valence electrons. The molecule has 2 aliphatic rings. The van der Waals surface area contributed by atoms with Crippen LogP contribution in [0.1, 0.15) is 6.42 Å². The second kappa shape index (κ2) is 7.36. The third-order valence-electron chi connectivity index (χ3n) is 5.80. The van der Waals surface area contributed by atoms with E-state index in [0.29, 0.717) is 43.9 Å². The summed E-state index contributed by atoms with van der Waals surface area (Å²) < 4.78 is 1.62. The highest BCUT2D eigenvalue weighted by molar-refractivity contribution is 6.00. The van der Waals surface area contributed by atoms with Crippen LogP contribution in [0.15, 0.2) is 36.7 Å². The lowest BCUT2D eigenvalue weighted by molar-refractivity contribution is -0.136. The number of hydrogen-bond acceptors (Lipinski definition) is 7. The number of aryl methyl sites for hydroxylation is 1. The first kappa shape index (κ1) is 18.5. The van der Waals surface area contributed by atoms with Crippen LogP contribution in [-0.2, 0) is 16.6 Å². The van der Waals surface area contributed by atoms with E-state index >= 15 is 0 Å². The first-order valence-electron chi connectivity index (χ1n) is 10.0. The van der Waals surface area contributed by atoms with Gasteiger partial charge < -0.3 is 14.7 Å². The summed E-state index contributed by atoms with van der Waals surface area (Å²) in [6.45, 7) is 2.91. The van der Waals surface area contributed by atoms with Crippen LogP contribution in [-0.4, -0.2) is 74.4 Å². The Bertz CT molecular complexity index is 1090. The number of fused-ring (bicyclic) bond motifs is 1. The van der Waals surface area contributed by atoms with Crippen molar-refractivity contribution in [1.82, 2.24) is 29.9 Å². The SMILES string of the molecule is Cn1nnc2c(N3CCN(C(=O)[C@@H]4CC(=O)N(c5ccccc5)C4)CC3)ncnc21. The normalized spacial score (nSPS) is 19.7. The number of benzene rings is 1. The number of piperazine rings is 1. The zero-order valence-electron chi connectivity index (χ0n) is 16.7. The topological polar surface area (TPSA) is 100 Å². The molecule has 0 bridgehead atoms. The van der Waals surface area contributed by atoms with Gasteiger partial charge in [0.15, 0.2) is 17.0 Å². The Morgan fingerprint density at radius 3 is 2.60 bits per heavy atom. The van der Waals surface area contributed by atoms with Crippen molar-refractivity contribution in [3.8, 4) is 0 Å². The predicted octanol–water partition coefficient (Wildman–Crippen LogP) is 0.460. The average molecular weight is 406 g/mol. The number of rotatable bonds is 3. The highest BCUT2D eigenvalue weighted by Crippen LogP contribution is 2.27. The molecular formula is C20H22N8O2. The molecule has 0 spiro atoms. The van der Waals surface area contributed by atoms with E-state index in [1.165, 1.54) is 6.33 Å². The van der Waals surface area contributed by atoms with Crippen LogP contribution >= 0.6 is 0 Å². The third kappa shape index (κ3) is 3.14. The molecule has 2 aromatic heterocycles. The number of aromatic nitrogens is 5. The first-order chi connectivity index (χ1) is 14.6. The Balaban J connectivity index is 1.25. The van der Waals surface area contributed by atoms with Gasteiger partial charge in [0.05, 0.1) is 5.92 Å². The van der Waals surface area contributed by atoms with Crippen LogP contribution in [0.4, 0.5) is 11.5 Å². The summed E-state index contributed by atoms with van der Waals surface area (Å²) in [5, 5.41) is 8.20. The van der Waals surface area contributed by atoms with Gasteiger partial charge in [-0.25, -0.2) is 14.6 Å². The summed E-state index contributed by atoms with van der Waals surface area (Å²) in [5.74, 6) is 0.500. The fraction of sp³-hybridized carbons (Fsp3) is 0.400. The van der Waals surface area contributed by atoms with Gasteiger partial charge >= 0.3 is 0 Å². The summed E-state index contributed by atoms with van der Waals surface area (Å²) in [6, 6.07) is 9.52. The van der Waals surface area contributed by atoms with Crippen LogP contribution in [0.2, 0.25) is 0 Å². The van der Waals surface area contributed by atoms with E-state index in [-0.39, 0.29) is 24.2 Å². The lowest BCUT2D eigenvalue weighted by atomic mass is 10.1. The minimum Gasteiger partial charge on any atom is -0.351 e. The number of carbonyl (C=O) groups excluding carboxylic acids is 2. The van der Waals surface area contributed by atoms with Gasteiger partial charge in [-0.15, -0.1) is 5.10 Å². The summed E-state index contributed by atoms with van der Waals surface area (Å²) >= 11 is 0. The van der Waals surface area contributed by atoms with Gasteiger partial charge in [0.2, 0.25) is 11.8 Å². The van der Waals surface area contributed by atoms with E-state index in [1.54, 1.807) is 16.6 Å². The molecule has 0 N–H and O–H groups in total. The van der Waals surface area contributed by atoms with E-state index in [4.69, 9.17) is 0 Å². The van der Waals surface area contributed by atoms with Crippen molar-refractivity contribution in [1.29, 1.82) is 0 Å². The van der Waals surface area contributed by atoms with Gasteiger partial charge in [0, 0.05) is 51.9 Å². The maximum Gasteiger partial charge on any atom is 0.228 e. The highest BCUT2D eigenvalue weighted by atomic mass is 16.2. The average Bonchev–Trinajstić information content (AvgIpc) is 3.37. The number of amides is 2. The lowest BCUT2D eigenvalue weighted by Gasteiger charge is -2.36. The molecule has 2 saturated heterocycles. The van der Waals surface area contributed by atoms with Gasteiger partial charge in [0.25, 0.3) is 0 Å². The zero-order chi connectivity index (χ0) is 20.7. The summed E-state index contributed by atoms with van der Waals surface area (Å²) in [5.41, 5.74) is 2.20. The molecule has 10 heteroatoms. The molecule has 2 fully saturated rings. The van der Waals surface area contributed by atoms with Gasteiger partial charge in [-0.1, -0.05) is 23.4 Å². The minimum atomic E-state index is -0.296. The van der Waals surface area contributed by atoms with Crippen molar-refractivity contribution < 1.29 is 9.59 Å². The van der Waals surface area contributed by atoms with Gasteiger partial charge in [0.1, 0.15) is 6.33 Å². The molecule has 1 aromatic carbocycles. The third-order valence-corrected chi connectivity index (χ3v) is 5.80. The van der Waals surface area contributed by atoms with Gasteiger partial charge in [-0.3, -0.25) is 9.59 Å². The van der Waals surface area contributed by atoms with E-state index in [2.05, 4.69) is 25.2 Å². The maximum absolute atomic E-state index is 13.1. The largest absolute Gasteiger partial charge is 0.351 e. The molecule has 3 aromatic rings. The van der Waals surface area contributed by atoms with Crippen LogP contribution < -0.4 is 9.80 Å². The monoisotopic (exact) mass is 406 g/mol. The number of nitrogens with zero attached hydrogens (tertiary/aromatic N) is 8. The zero-order valence-corrected chi connectivity index (χ0v) is 16.7. The lowest BCUT2D eigenvalue weighted by Crippen LogP contribution is -2.51. The predicted molar refractivity (Wildman–Crippen MR) is 110 cm³/mol. The maximum atomic E-state index is 13.1. The Hall–Kier alpha value is -3.56. The molecule has 1 atom stereocenters. The summed E-state index contributed by atoms with van der Waals surface area (Å²) in [7, 11) is 1.80. The fourth-order valence-corrected chi connectivity index (χ4v) is 4.20. The summed E-state index contributed by atoms with van der Waals surface area (Å²) in [6.07, 6.45) is 1.78. The number of para-hydroxylation sites is 1. The summed E-state index contributed by atoms with van der Waals surface area (Å²) in [4.78, 5) is 39.8. The van der Waals surface area contributed by atoms with Crippen LogP contribution in [0.25, 0.3) is 11.2 Å². The standard InChI is InChI=1S/C20H22N8O2/c1-25-18-17(23-24-25)19(22-13-21-18)26-7-9-27(10-8-26)20(30)14-11-16(29)28(12-14)15-5-3-2-4-6-15/h2-6,13-14H,7-12H2,1H3/t14-/m1/s1. The molecule has 0 unspecified atom stereocenters. The quantitative estimate of drug-likeness (QED) is 0.623. The van der Waals surface area contributed by atoms with Crippen molar-refractivity contribution in [3.05, 3.63) is 36.7 Å². The van der Waals surface area contributed by atoms with Crippen LogP contribution in [0, 0.1) is 5.92 Å². The molecule has 2 aliphatic heterocycles. The smallest absolute Gasteiger partial charge is 0.228 e. The van der Waals surface area contributed by atoms with Crippen molar-refractivity contribution in [3.63, 3.8) is 0 Å². The molecule has 5 rings (SSSR count). The van der Waals surface area contributed by atoms with E-state index < -0.39 is 0 Å². The second-order valence-corrected chi connectivity index (χ2v) is 7.64. The van der Waals surface area contributed by atoms with Crippen molar-refractivity contribution >= 4 is 34.5 Å². The minimum absolute atomic E-state index is 0.00390. The molecule has 0 aliphatic carbocycles. The highest BCUT2D eigenvalue weighted by Gasteiger charge is 2.38. The van der Waals surface area contributed by atoms with Gasteiger partial charge in [-0.05, 0) is 12.1 Å². The van der Waals surface area contributed by atoms with E-state index in [1.807, 2.05) is 35.2 Å². The molecule has 0 saturated carbocycles.